The molecule has 0 bridgehead atoms. The highest BCUT2D eigenvalue weighted by molar-refractivity contribution is 7.90. The summed E-state index contributed by atoms with van der Waals surface area (Å²) < 4.78 is 38.8. The monoisotopic (exact) mass is 715 g/mol. The number of sulfonamides is 1. The highest BCUT2D eigenvalue weighted by Gasteiger charge is 2.61. The number of nitrogens with zero attached hydrogens (tertiary/aromatic N) is 2. The molecule has 14 nitrogen and oxygen atoms in total. The third-order valence-electron chi connectivity index (χ3n) is 9.56. The number of alkyl carbamates (subject to hydrolysis) is 1. The predicted octanol–water partition coefficient (Wildman–Crippen LogP) is 3.25. The summed E-state index contributed by atoms with van der Waals surface area (Å²) in [6, 6.07) is 5.45. The number of carbonyl (C=O) groups is 5. The zero-order valence-corrected chi connectivity index (χ0v) is 30.2. The molecule has 0 unspecified atom stereocenters. The maximum absolute atomic E-state index is 14.3. The number of amides is 5. The summed E-state index contributed by atoms with van der Waals surface area (Å²) in [4.78, 5) is 71.0. The van der Waals surface area contributed by atoms with Crippen molar-refractivity contribution >= 4 is 39.9 Å². The van der Waals surface area contributed by atoms with Gasteiger partial charge in [0, 0.05) is 25.4 Å². The van der Waals surface area contributed by atoms with Crippen LogP contribution in [0.1, 0.15) is 90.7 Å². The molecule has 0 radical (unpaired) electrons. The van der Waals surface area contributed by atoms with Crippen molar-refractivity contribution in [2.24, 2.45) is 5.92 Å². The molecule has 1 saturated carbocycles. The lowest BCUT2D eigenvalue weighted by Crippen LogP contribution is -2.58. The molecule has 2 fully saturated rings. The van der Waals surface area contributed by atoms with Gasteiger partial charge < -0.3 is 25.0 Å². The van der Waals surface area contributed by atoms with Gasteiger partial charge >= 0.3 is 12.2 Å². The van der Waals surface area contributed by atoms with Crippen LogP contribution in [-0.4, -0.2) is 89.2 Å². The Morgan fingerprint density at radius 2 is 1.72 bits per heavy atom. The third-order valence-corrected chi connectivity index (χ3v) is 11.3. The van der Waals surface area contributed by atoms with Gasteiger partial charge in [0.15, 0.2) is 0 Å². The number of allylic oxidation sites excluding steroid dienone is 1. The van der Waals surface area contributed by atoms with Gasteiger partial charge in [-0.25, -0.2) is 18.0 Å². The lowest BCUT2D eigenvalue weighted by Gasteiger charge is -2.30. The summed E-state index contributed by atoms with van der Waals surface area (Å²) in [7, 11) is -4.00. The fourth-order valence-electron chi connectivity index (χ4n) is 6.63. The molecule has 50 heavy (non-hydrogen) atoms. The molecular weight excluding hydrogens is 666 g/mol. The Kier molecular flexibility index (Phi) is 10.8. The van der Waals surface area contributed by atoms with Crippen molar-refractivity contribution < 1.29 is 41.9 Å². The molecule has 15 heteroatoms. The van der Waals surface area contributed by atoms with Crippen molar-refractivity contribution in [3.05, 3.63) is 47.5 Å². The summed E-state index contributed by atoms with van der Waals surface area (Å²) in [5, 5.41) is 4.60. The van der Waals surface area contributed by atoms with E-state index in [0.29, 0.717) is 25.9 Å². The number of rotatable bonds is 5. The van der Waals surface area contributed by atoms with Crippen molar-refractivity contribution in [2.45, 2.75) is 127 Å². The van der Waals surface area contributed by atoms with E-state index in [0.717, 1.165) is 24.0 Å². The maximum Gasteiger partial charge on any atom is 0.410 e. The zero-order valence-electron chi connectivity index (χ0n) is 29.4. The predicted molar refractivity (Wildman–Crippen MR) is 183 cm³/mol. The van der Waals surface area contributed by atoms with Gasteiger partial charge in [0.2, 0.25) is 21.8 Å². The number of nitrogens with one attached hydrogen (secondary N) is 3. The van der Waals surface area contributed by atoms with Gasteiger partial charge in [-0.1, -0.05) is 49.3 Å². The van der Waals surface area contributed by atoms with Gasteiger partial charge in [-0.15, -0.1) is 0 Å². The molecule has 5 atom stereocenters. The molecular formula is C35H49N5O9S. The number of hydrogen-bond acceptors (Lipinski definition) is 9. The van der Waals surface area contributed by atoms with Crippen molar-refractivity contribution in [3.8, 4) is 0 Å². The number of fused-ring (bicyclic) bond motifs is 3. The number of ether oxygens (including phenoxy) is 2. The van der Waals surface area contributed by atoms with Gasteiger partial charge in [-0.3, -0.25) is 24.0 Å². The second kappa shape index (κ2) is 14.6. The lowest BCUT2D eigenvalue weighted by atomic mass is 10.0. The van der Waals surface area contributed by atoms with E-state index in [2.05, 4.69) is 15.4 Å². The zero-order chi connectivity index (χ0) is 36.4. The number of carbonyl (C=O) groups excluding carboxylic acids is 5. The summed E-state index contributed by atoms with van der Waals surface area (Å²) >= 11 is 0. The van der Waals surface area contributed by atoms with Crippen LogP contribution in [0.25, 0.3) is 0 Å². The maximum atomic E-state index is 14.3. The van der Waals surface area contributed by atoms with E-state index in [-0.39, 0.29) is 25.8 Å². The molecule has 1 saturated heterocycles. The normalized spacial score (nSPS) is 27.2. The third kappa shape index (κ3) is 8.59. The van der Waals surface area contributed by atoms with Crippen LogP contribution in [0.3, 0.4) is 0 Å². The van der Waals surface area contributed by atoms with E-state index in [1.165, 1.54) is 18.7 Å². The van der Waals surface area contributed by atoms with E-state index in [1.807, 2.05) is 36.4 Å². The van der Waals surface area contributed by atoms with Crippen molar-refractivity contribution in [1.82, 2.24) is 25.2 Å². The Balaban J connectivity index is 1.41. The van der Waals surface area contributed by atoms with Crippen LogP contribution < -0.4 is 15.4 Å². The van der Waals surface area contributed by atoms with E-state index in [1.54, 1.807) is 25.7 Å². The smallest absolute Gasteiger partial charge is 0.410 e. The van der Waals surface area contributed by atoms with Gasteiger partial charge in [-0.2, -0.15) is 0 Å². The van der Waals surface area contributed by atoms with Crippen LogP contribution in [0.15, 0.2) is 36.4 Å². The number of benzene rings is 1. The minimum Gasteiger partial charge on any atom is -0.444 e. The van der Waals surface area contributed by atoms with Gasteiger partial charge in [-0.05, 0) is 71.4 Å². The molecule has 0 spiro atoms. The highest BCUT2D eigenvalue weighted by atomic mass is 32.2. The topological polar surface area (TPSA) is 181 Å². The Hall–Kier alpha value is -4.14. The minimum atomic E-state index is -4.00. The van der Waals surface area contributed by atoms with Crippen LogP contribution >= 0.6 is 0 Å². The summed E-state index contributed by atoms with van der Waals surface area (Å²) in [5.74, 6) is -2.55. The van der Waals surface area contributed by atoms with Crippen molar-refractivity contribution in [1.29, 1.82) is 0 Å². The van der Waals surface area contributed by atoms with Gasteiger partial charge in [0.1, 0.15) is 29.3 Å². The Labute approximate surface area is 293 Å². The average molecular weight is 716 g/mol. The minimum absolute atomic E-state index is 0.0637. The van der Waals surface area contributed by atoms with E-state index in [9.17, 15) is 32.4 Å². The molecule has 3 heterocycles. The standard InChI is InChI=1S/C35H49N5O9S/c1-22(2)50(46,47)38-31(43)35-18-25(35)15-9-7-6-8-10-16-27(36-32(44)49-34(3,4)5)30(42)40-21-26(17-28(40)29(41)37-35)48-33(45)39-19-23-13-11-12-14-24(23)20-39/h9,11-15,22,25-28H,6-8,10,16-21H2,1-5H3,(H,36,44)(H,37,41)(H,38,43)/t25-,26-,27-,28+,35-/m1/s1. The Bertz CT molecular complexity index is 1610. The first-order chi connectivity index (χ1) is 23.5. The molecule has 3 aliphatic heterocycles. The molecule has 1 aromatic rings. The van der Waals surface area contributed by atoms with Crippen molar-refractivity contribution in [2.75, 3.05) is 6.54 Å². The quantitative estimate of drug-likeness (QED) is 0.386. The van der Waals surface area contributed by atoms with Crippen LogP contribution in [0, 0.1) is 5.92 Å². The first kappa shape index (κ1) is 37.1. The molecule has 1 aromatic carbocycles. The second-order valence-corrected chi connectivity index (χ2v) is 17.2. The van der Waals surface area contributed by atoms with E-state index >= 15 is 0 Å². The first-order valence-electron chi connectivity index (χ1n) is 17.4. The Morgan fingerprint density at radius 3 is 2.36 bits per heavy atom. The molecule has 3 N–H and O–H groups in total. The van der Waals surface area contributed by atoms with Crippen LogP contribution in [0.5, 0.6) is 0 Å². The van der Waals surface area contributed by atoms with Crippen LogP contribution in [0.4, 0.5) is 9.59 Å². The molecule has 0 aromatic heterocycles. The number of hydrogen-bond donors (Lipinski definition) is 3. The summed E-state index contributed by atoms with van der Waals surface area (Å²) in [6.45, 7) is 8.61. The highest BCUT2D eigenvalue weighted by Crippen LogP contribution is 2.46. The second-order valence-electron chi connectivity index (χ2n) is 14.9. The average Bonchev–Trinajstić information content (AvgIpc) is 3.33. The van der Waals surface area contributed by atoms with E-state index < -0.39 is 80.4 Å². The van der Waals surface area contributed by atoms with Crippen molar-refractivity contribution in [3.63, 3.8) is 0 Å². The van der Waals surface area contributed by atoms with Crippen LogP contribution in [0.2, 0.25) is 0 Å². The largest absolute Gasteiger partial charge is 0.444 e. The fourth-order valence-corrected chi connectivity index (χ4v) is 7.31. The fraction of sp³-hybridized carbons (Fsp3) is 0.629. The summed E-state index contributed by atoms with van der Waals surface area (Å²) in [6.07, 6.45) is 4.68. The molecule has 5 amide bonds. The molecule has 1 aliphatic carbocycles. The Morgan fingerprint density at radius 1 is 1.04 bits per heavy atom. The molecule has 5 rings (SSSR count). The lowest BCUT2D eigenvalue weighted by molar-refractivity contribution is -0.141. The first-order valence-corrected chi connectivity index (χ1v) is 18.9. The van der Waals surface area contributed by atoms with Gasteiger partial charge in [0.05, 0.1) is 11.8 Å². The summed E-state index contributed by atoms with van der Waals surface area (Å²) in [5.41, 5.74) is -0.354. The molecule has 274 valence electrons. The SMILES string of the molecule is CC(C)S(=O)(=O)NC(=O)[C@@]12C[C@H]1C=CCCCCC[C@@H](NC(=O)OC(C)(C)C)C(=O)N1C[C@H](OC(=O)N3Cc4ccccc4C3)C[C@H]1C(=O)N2. The van der Waals surface area contributed by atoms with E-state index in [4.69, 9.17) is 9.47 Å². The van der Waals surface area contributed by atoms with Gasteiger partial charge in [0.25, 0.3) is 5.91 Å². The van der Waals surface area contributed by atoms with Crippen LogP contribution in [-0.2, 0) is 47.0 Å². The molecule has 4 aliphatic rings.